The predicted molar refractivity (Wildman–Crippen MR) is 105 cm³/mol. The Kier molecular flexibility index (Phi) is 6.64. The van der Waals surface area contributed by atoms with Crippen LogP contribution in [0.25, 0.3) is 0 Å². The fourth-order valence-electron chi connectivity index (χ4n) is 3.24. The molecule has 1 aliphatic rings. The van der Waals surface area contributed by atoms with Crippen LogP contribution in [0.4, 0.5) is 9.39 Å². The zero-order valence-electron chi connectivity index (χ0n) is 15.9. The number of ether oxygens (including phenoxy) is 2. The number of fused-ring (bicyclic) bond motifs is 1. The third kappa shape index (κ3) is 4.51. The topological polar surface area (TPSA) is 67.9 Å². The van der Waals surface area contributed by atoms with Crippen molar-refractivity contribution >= 4 is 28.2 Å². The van der Waals surface area contributed by atoms with E-state index in [4.69, 9.17) is 9.47 Å². The number of amides is 1. The average molecular weight is 406 g/mol. The molecular weight excluding hydrogens is 383 g/mol. The molecule has 150 valence electrons. The van der Waals surface area contributed by atoms with Crippen molar-refractivity contribution in [2.24, 2.45) is 0 Å². The summed E-state index contributed by atoms with van der Waals surface area (Å²) in [5, 5.41) is 3.19. The number of para-hydroxylation sites is 1. The number of hydrogen-bond donors (Lipinski definition) is 1. The lowest BCUT2D eigenvalue weighted by atomic mass is 10.0. The largest absolute Gasteiger partial charge is 0.481 e. The number of nitrogens with zero attached hydrogens (tertiary/aromatic N) is 1. The van der Waals surface area contributed by atoms with Gasteiger partial charge in [-0.15, -0.1) is 11.3 Å². The van der Waals surface area contributed by atoms with E-state index >= 15 is 0 Å². The zero-order valence-corrected chi connectivity index (χ0v) is 16.7. The molecule has 8 heteroatoms. The van der Waals surface area contributed by atoms with Crippen LogP contribution >= 0.6 is 11.3 Å². The monoisotopic (exact) mass is 406 g/mol. The van der Waals surface area contributed by atoms with E-state index < -0.39 is 17.7 Å². The van der Waals surface area contributed by atoms with Crippen molar-refractivity contribution in [2.75, 3.05) is 32.1 Å². The standard InChI is InChI=1S/C20H23FN2O4S/c1-3-9-23-10-8-13-16(11-23)28-19(18(13)20(25)26-2)22-17(24)12-27-15-7-5-4-6-14(15)21/h4-7H,3,8-12H2,1-2H3,(H,22,24). The highest BCUT2D eigenvalue weighted by Crippen LogP contribution is 2.37. The first-order valence-corrected chi connectivity index (χ1v) is 9.97. The summed E-state index contributed by atoms with van der Waals surface area (Å²) < 4.78 is 23.8. The van der Waals surface area contributed by atoms with Crippen LogP contribution < -0.4 is 10.1 Å². The highest BCUT2D eigenvalue weighted by molar-refractivity contribution is 7.17. The lowest BCUT2D eigenvalue weighted by molar-refractivity contribution is -0.118. The number of carbonyl (C=O) groups excluding carboxylic acids is 2. The van der Waals surface area contributed by atoms with Crippen molar-refractivity contribution in [1.29, 1.82) is 0 Å². The second kappa shape index (κ2) is 9.16. The van der Waals surface area contributed by atoms with E-state index in [1.165, 1.54) is 30.6 Å². The molecule has 0 radical (unpaired) electrons. The van der Waals surface area contributed by atoms with Gasteiger partial charge in [0.2, 0.25) is 0 Å². The highest BCUT2D eigenvalue weighted by Gasteiger charge is 2.29. The minimum atomic E-state index is -0.534. The Labute approximate surface area is 167 Å². The molecule has 0 spiro atoms. The van der Waals surface area contributed by atoms with E-state index in [0.717, 1.165) is 42.9 Å². The minimum Gasteiger partial charge on any atom is -0.481 e. The van der Waals surface area contributed by atoms with Crippen LogP contribution in [0.15, 0.2) is 24.3 Å². The summed E-state index contributed by atoms with van der Waals surface area (Å²) in [5.74, 6) is -1.45. The Morgan fingerprint density at radius 3 is 2.82 bits per heavy atom. The molecule has 2 heterocycles. The molecule has 1 aromatic heterocycles. The average Bonchev–Trinajstić information content (AvgIpc) is 3.04. The second-order valence-electron chi connectivity index (χ2n) is 6.49. The first-order chi connectivity index (χ1) is 13.5. The lowest BCUT2D eigenvalue weighted by Crippen LogP contribution is -2.30. The summed E-state index contributed by atoms with van der Waals surface area (Å²) in [6.45, 7) is 4.38. The number of anilines is 1. The first-order valence-electron chi connectivity index (χ1n) is 9.15. The lowest BCUT2D eigenvalue weighted by Gasteiger charge is -2.26. The molecule has 0 aliphatic carbocycles. The fraction of sp³-hybridized carbons (Fsp3) is 0.400. The highest BCUT2D eigenvalue weighted by atomic mass is 32.1. The number of benzene rings is 1. The molecule has 0 fully saturated rings. The Balaban J connectivity index is 1.74. The van der Waals surface area contributed by atoms with Gasteiger partial charge in [0.15, 0.2) is 18.2 Å². The van der Waals surface area contributed by atoms with Gasteiger partial charge in [0.05, 0.1) is 12.7 Å². The van der Waals surface area contributed by atoms with Gasteiger partial charge in [0.1, 0.15) is 5.00 Å². The Morgan fingerprint density at radius 1 is 1.32 bits per heavy atom. The van der Waals surface area contributed by atoms with Crippen LogP contribution in [-0.2, 0) is 22.5 Å². The molecular formula is C20H23FN2O4S. The van der Waals surface area contributed by atoms with Gasteiger partial charge in [0.25, 0.3) is 5.91 Å². The van der Waals surface area contributed by atoms with Gasteiger partial charge in [-0.05, 0) is 37.1 Å². The third-order valence-corrected chi connectivity index (χ3v) is 5.65. The van der Waals surface area contributed by atoms with Gasteiger partial charge in [0, 0.05) is 18.0 Å². The summed E-state index contributed by atoms with van der Waals surface area (Å²) >= 11 is 1.38. The Morgan fingerprint density at radius 2 is 2.11 bits per heavy atom. The third-order valence-electron chi connectivity index (χ3n) is 4.51. The van der Waals surface area contributed by atoms with E-state index in [-0.39, 0.29) is 12.4 Å². The number of thiophene rings is 1. The summed E-state index contributed by atoms with van der Waals surface area (Å²) in [4.78, 5) is 28.0. The van der Waals surface area contributed by atoms with E-state index in [9.17, 15) is 14.0 Å². The van der Waals surface area contributed by atoms with Crippen molar-refractivity contribution in [1.82, 2.24) is 4.90 Å². The maximum absolute atomic E-state index is 13.6. The molecule has 0 saturated carbocycles. The van der Waals surface area contributed by atoms with Gasteiger partial charge in [-0.1, -0.05) is 19.1 Å². The predicted octanol–water partition coefficient (Wildman–Crippen LogP) is 3.46. The van der Waals surface area contributed by atoms with Gasteiger partial charge in [-0.25, -0.2) is 9.18 Å². The molecule has 3 rings (SSSR count). The summed E-state index contributed by atoms with van der Waals surface area (Å²) in [5.41, 5.74) is 1.35. The number of rotatable bonds is 7. The SMILES string of the molecule is CCCN1CCc2c(sc(NC(=O)COc3ccccc3F)c2C(=O)OC)C1. The molecule has 2 aromatic rings. The van der Waals surface area contributed by atoms with Crippen molar-refractivity contribution in [3.63, 3.8) is 0 Å². The molecule has 0 atom stereocenters. The quantitative estimate of drug-likeness (QED) is 0.714. The van der Waals surface area contributed by atoms with Gasteiger partial charge in [-0.2, -0.15) is 0 Å². The number of esters is 1. The Bertz CT molecular complexity index is 868. The smallest absolute Gasteiger partial charge is 0.341 e. The summed E-state index contributed by atoms with van der Waals surface area (Å²) in [6.07, 6.45) is 1.79. The van der Waals surface area contributed by atoms with E-state index in [1.54, 1.807) is 12.1 Å². The van der Waals surface area contributed by atoms with Crippen LogP contribution in [0, 0.1) is 5.82 Å². The van der Waals surface area contributed by atoms with Crippen LogP contribution in [0.1, 0.15) is 34.1 Å². The fourth-order valence-corrected chi connectivity index (χ4v) is 4.53. The van der Waals surface area contributed by atoms with E-state index in [0.29, 0.717) is 10.6 Å². The second-order valence-corrected chi connectivity index (χ2v) is 7.60. The molecule has 0 unspecified atom stereocenters. The van der Waals surface area contributed by atoms with Crippen LogP contribution in [0.3, 0.4) is 0 Å². The molecule has 0 bridgehead atoms. The number of hydrogen-bond acceptors (Lipinski definition) is 6. The van der Waals surface area contributed by atoms with Crippen molar-refractivity contribution in [3.05, 3.63) is 46.1 Å². The van der Waals surface area contributed by atoms with E-state index in [1.807, 2.05) is 0 Å². The number of methoxy groups -OCH3 is 1. The van der Waals surface area contributed by atoms with Crippen molar-refractivity contribution < 1.29 is 23.5 Å². The summed E-state index contributed by atoms with van der Waals surface area (Å²) in [7, 11) is 1.32. The maximum atomic E-state index is 13.6. The van der Waals surface area contributed by atoms with Gasteiger partial charge in [-0.3, -0.25) is 9.69 Å². The normalized spacial score (nSPS) is 13.7. The van der Waals surface area contributed by atoms with Gasteiger partial charge >= 0.3 is 5.97 Å². The van der Waals surface area contributed by atoms with E-state index in [2.05, 4.69) is 17.1 Å². The molecule has 1 amide bonds. The van der Waals surface area contributed by atoms with Crippen molar-refractivity contribution in [3.8, 4) is 5.75 Å². The van der Waals surface area contributed by atoms with Crippen LogP contribution in [0.5, 0.6) is 5.75 Å². The summed E-state index contributed by atoms with van der Waals surface area (Å²) in [6, 6.07) is 5.89. The van der Waals surface area contributed by atoms with Gasteiger partial charge < -0.3 is 14.8 Å². The molecule has 1 aliphatic heterocycles. The zero-order chi connectivity index (χ0) is 20.1. The van der Waals surface area contributed by atoms with Crippen LogP contribution in [0.2, 0.25) is 0 Å². The molecule has 28 heavy (non-hydrogen) atoms. The number of carbonyl (C=O) groups is 2. The first kappa shape index (κ1) is 20.3. The van der Waals surface area contributed by atoms with Crippen molar-refractivity contribution in [2.45, 2.75) is 26.3 Å². The maximum Gasteiger partial charge on any atom is 0.341 e. The Hall–Kier alpha value is -2.45. The number of halogens is 1. The minimum absolute atomic E-state index is 0.00604. The molecule has 1 aromatic carbocycles. The molecule has 6 nitrogen and oxygen atoms in total. The number of nitrogens with one attached hydrogen (secondary N) is 1. The molecule has 0 saturated heterocycles. The van der Waals surface area contributed by atoms with Crippen LogP contribution in [-0.4, -0.2) is 43.6 Å². The molecule has 1 N–H and O–H groups in total.